The summed E-state index contributed by atoms with van der Waals surface area (Å²) in [6.45, 7) is 0. The average molecular weight is 415 g/mol. The number of Topliss-reactive ketones (excluding diaryl/α,β-unsaturated/α-hetero) is 1. The minimum Gasteiger partial charge on any atom is -0.497 e. The van der Waals surface area contributed by atoms with Crippen LogP contribution in [0.3, 0.4) is 0 Å². The van der Waals surface area contributed by atoms with Crippen molar-refractivity contribution in [1.82, 2.24) is 4.40 Å². The molecule has 2 aromatic heterocycles. The third kappa shape index (κ3) is 3.86. The zero-order valence-electron chi connectivity index (χ0n) is 16.4. The van der Waals surface area contributed by atoms with Crippen molar-refractivity contribution in [2.24, 2.45) is 0 Å². The summed E-state index contributed by atoms with van der Waals surface area (Å²) >= 11 is 0. The lowest BCUT2D eigenvalue weighted by molar-refractivity contribution is -0.384. The van der Waals surface area contributed by atoms with E-state index in [-0.39, 0.29) is 17.1 Å². The monoisotopic (exact) mass is 415 g/mol. The highest BCUT2D eigenvalue weighted by Gasteiger charge is 2.25. The largest absolute Gasteiger partial charge is 0.497 e. The molecule has 0 unspecified atom stereocenters. The molecule has 0 atom stereocenters. The Morgan fingerprint density at radius 1 is 1.00 bits per heavy atom. The van der Waals surface area contributed by atoms with E-state index < -0.39 is 16.6 Å². The first kappa shape index (κ1) is 19.8. The number of carbonyl (C=O) groups excluding carboxylic acids is 2. The molecule has 4 rings (SSSR count). The van der Waals surface area contributed by atoms with Crippen molar-refractivity contribution in [3.63, 3.8) is 0 Å². The molecule has 0 aliphatic carbocycles. The molecule has 2 heterocycles. The molecule has 0 bridgehead atoms. The highest BCUT2D eigenvalue weighted by Crippen LogP contribution is 2.30. The molecule has 8 heteroatoms. The summed E-state index contributed by atoms with van der Waals surface area (Å²) in [7, 11) is 1.56. The highest BCUT2D eigenvalue weighted by atomic mass is 16.6. The van der Waals surface area contributed by atoms with Gasteiger partial charge in [0.25, 0.3) is 17.4 Å². The van der Waals surface area contributed by atoms with Crippen molar-refractivity contribution in [2.75, 3.05) is 12.4 Å². The van der Waals surface area contributed by atoms with Crippen molar-refractivity contribution >= 4 is 28.6 Å². The van der Waals surface area contributed by atoms with Gasteiger partial charge in [-0.05, 0) is 42.0 Å². The number of hydrogen-bond donors (Lipinski definition) is 1. The van der Waals surface area contributed by atoms with Gasteiger partial charge in [0.2, 0.25) is 0 Å². The lowest BCUT2D eigenvalue weighted by Gasteiger charge is -2.08. The second-order valence-electron chi connectivity index (χ2n) is 6.72. The van der Waals surface area contributed by atoms with Crippen molar-refractivity contribution in [1.29, 1.82) is 0 Å². The van der Waals surface area contributed by atoms with E-state index in [9.17, 15) is 19.7 Å². The SMILES string of the molecule is COc1ccc(-c2cc3ccccn3c2C(=O)C(=O)Nc2cccc([N+](=O)[O-])c2)cc1. The van der Waals surface area contributed by atoms with Crippen LogP contribution in [0.4, 0.5) is 11.4 Å². The zero-order valence-corrected chi connectivity index (χ0v) is 16.4. The Morgan fingerprint density at radius 2 is 1.77 bits per heavy atom. The van der Waals surface area contributed by atoms with Crippen LogP contribution in [-0.4, -0.2) is 28.1 Å². The Labute approximate surface area is 176 Å². The first-order valence-corrected chi connectivity index (χ1v) is 9.32. The van der Waals surface area contributed by atoms with Gasteiger partial charge in [0, 0.05) is 35.1 Å². The van der Waals surface area contributed by atoms with Crippen molar-refractivity contribution < 1.29 is 19.2 Å². The summed E-state index contributed by atoms with van der Waals surface area (Å²) in [5.74, 6) is -0.980. The molecular weight excluding hydrogens is 398 g/mol. The Kier molecular flexibility index (Phi) is 5.19. The number of nitrogens with zero attached hydrogens (tertiary/aromatic N) is 2. The van der Waals surface area contributed by atoms with Crippen LogP contribution in [-0.2, 0) is 4.79 Å². The number of aromatic nitrogens is 1. The van der Waals surface area contributed by atoms with Crippen molar-refractivity contribution in [3.8, 4) is 16.9 Å². The van der Waals surface area contributed by atoms with Gasteiger partial charge in [-0.1, -0.05) is 24.3 Å². The van der Waals surface area contributed by atoms with E-state index in [1.54, 1.807) is 35.9 Å². The maximum atomic E-state index is 13.2. The van der Waals surface area contributed by atoms with Crippen LogP contribution in [0.1, 0.15) is 10.5 Å². The number of anilines is 1. The van der Waals surface area contributed by atoms with E-state index in [2.05, 4.69) is 5.32 Å². The van der Waals surface area contributed by atoms with Crippen LogP contribution in [0.2, 0.25) is 0 Å². The quantitative estimate of drug-likeness (QED) is 0.218. The second-order valence-corrected chi connectivity index (χ2v) is 6.72. The van der Waals surface area contributed by atoms with Crippen LogP contribution in [0.5, 0.6) is 5.75 Å². The molecule has 1 N–H and O–H groups in total. The molecule has 0 fully saturated rings. The molecule has 0 aliphatic heterocycles. The van der Waals surface area contributed by atoms with Crippen LogP contribution in [0, 0.1) is 10.1 Å². The minimum atomic E-state index is -0.890. The summed E-state index contributed by atoms with van der Waals surface area (Å²) in [5.41, 5.74) is 2.27. The molecule has 0 spiro atoms. The molecule has 0 saturated carbocycles. The summed E-state index contributed by atoms with van der Waals surface area (Å²) < 4.78 is 6.84. The van der Waals surface area contributed by atoms with E-state index in [1.165, 1.54) is 24.3 Å². The third-order valence-corrected chi connectivity index (χ3v) is 4.82. The molecule has 2 aromatic carbocycles. The molecule has 31 heavy (non-hydrogen) atoms. The number of nitro groups is 1. The fourth-order valence-electron chi connectivity index (χ4n) is 3.34. The van der Waals surface area contributed by atoms with Gasteiger partial charge in [0.15, 0.2) is 0 Å². The van der Waals surface area contributed by atoms with Gasteiger partial charge < -0.3 is 14.5 Å². The van der Waals surface area contributed by atoms with E-state index >= 15 is 0 Å². The fraction of sp³-hybridized carbons (Fsp3) is 0.0435. The summed E-state index contributed by atoms with van der Waals surface area (Å²) in [5, 5.41) is 13.4. The van der Waals surface area contributed by atoms with Gasteiger partial charge in [-0.15, -0.1) is 0 Å². The number of amides is 1. The molecule has 1 amide bonds. The standard InChI is InChI=1S/C23H17N3O5/c1-31-19-10-8-15(9-11-19)20-14-17-6-2-3-12-25(17)21(20)22(27)23(28)24-16-5-4-7-18(13-16)26(29)30/h2-14H,1H3,(H,24,28). The van der Waals surface area contributed by atoms with Crippen LogP contribution >= 0.6 is 0 Å². The van der Waals surface area contributed by atoms with Gasteiger partial charge in [-0.3, -0.25) is 19.7 Å². The number of rotatable bonds is 6. The number of nitrogens with one attached hydrogen (secondary N) is 1. The number of pyridine rings is 1. The first-order valence-electron chi connectivity index (χ1n) is 9.32. The number of ketones is 1. The Hall–Kier alpha value is -4.46. The van der Waals surface area contributed by atoms with Gasteiger partial charge in [-0.2, -0.15) is 0 Å². The Morgan fingerprint density at radius 3 is 2.48 bits per heavy atom. The van der Waals surface area contributed by atoms with E-state index in [4.69, 9.17) is 4.74 Å². The maximum absolute atomic E-state index is 13.2. The number of benzene rings is 2. The summed E-state index contributed by atoms with van der Waals surface area (Å²) in [6.07, 6.45) is 1.70. The number of nitro benzene ring substituents is 1. The van der Waals surface area contributed by atoms with E-state index in [1.807, 2.05) is 30.3 Å². The van der Waals surface area contributed by atoms with E-state index in [0.29, 0.717) is 11.3 Å². The number of hydrogen-bond acceptors (Lipinski definition) is 5. The fourth-order valence-corrected chi connectivity index (χ4v) is 3.34. The van der Waals surface area contributed by atoms with Crippen molar-refractivity contribution in [2.45, 2.75) is 0 Å². The smallest absolute Gasteiger partial charge is 0.298 e. The lowest BCUT2D eigenvalue weighted by Crippen LogP contribution is -2.24. The Balaban J connectivity index is 1.73. The lowest BCUT2D eigenvalue weighted by atomic mass is 10.0. The second kappa shape index (κ2) is 8.11. The highest BCUT2D eigenvalue weighted by molar-refractivity contribution is 6.47. The van der Waals surface area contributed by atoms with Gasteiger partial charge in [-0.25, -0.2) is 0 Å². The molecule has 0 aliphatic rings. The third-order valence-electron chi connectivity index (χ3n) is 4.82. The van der Waals surface area contributed by atoms with Crippen LogP contribution < -0.4 is 10.1 Å². The number of ether oxygens (including phenoxy) is 1. The number of fused-ring (bicyclic) bond motifs is 1. The van der Waals surface area contributed by atoms with Gasteiger partial charge in [0.1, 0.15) is 11.4 Å². The van der Waals surface area contributed by atoms with Gasteiger partial charge in [0.05, 0.1) is 12.0 Å². The normalized spacial score (nSPS) is 10.6. The topological polar surface area (TPSA) is 103 Å². The first-order chi connectivity index (χ1) is 15.0. The van der Waals surface area contributed by atoms with Crippen molar-refractivity contribution in [3.05, 3.63) is 94.8 Å². The molecule has 154 valence electrons. The average Bonchev–Trinajstić information content (AvgIpc) is 3.18. The van der Waals surface area contributed by atoms with Crippen LogP contribution in [0.15, 0.2) is 79.0 Å². The molecule has 0 radical (unpaired) electrons. The molecule has 8 nitrogen and oxygen atoms in total. The van der Waals surface area contributed by atoms with Crippen LogP contribution in [0.25, 0.3) is 16.6 Å². The van der Waals surface area contributed by atoms with Gasteiger partial charge >= 0.3 is 0 Å². The number of methoxy groups -OCH3 is 1. The Bertz CT molecular complexity index is 1310. The number of carbonyl (C=O) groups is 2. The molecular formula is C23H17N3O5. The zero-order chi connectivity index (χ0) is 22.0. The molecule has 4 aromatic rings. The van der Waals surface area contributed by atoms with E-state index in [0.717, 1.165) is 11.1 Å². The number of non-ortho nitro benzene ring substituents is 1. The minimum absolute atomic E-state index is 0.166. The molecule has 0 saturated heterocycles. The maximum Gasteiger partial charge on any atom is 0.298 e. The summed E-state index contributed by atoms with van der Waals surface area (Å²) in [6, 6.07) is 19.9. The predicted octanol–water partition coefficient (Wildman–Crippen LogP) is 4.34. The summed E-state index contributed by atoms with van der Waals surface area (Å²) in [4.78, 5) is 36.3. The predicted molar refractivity (Wildman–Crippen MR) is 115 cm³/mol.